The van der Waals surface area contributed by atoms with Crippen molar-refractivity contribution in [3.8, 4) is 5.75 Å². The molecule has 14 aromatic rings. The number of carbonyl (C=O) groups is 1. The lowest BCUT2D eigenvalue weighted by Gasteiger charge is -2.25. The topological polar surface area (TPSA) is 276 Å². The number of carbonyl (C=O) groups excluding carboxylic acids is 1. The van der Waals surface area contributed by atoms with Crippen LogP contribution in [0, 0.1) is 62.3 Å². The van der Waals surface area contributed by atoms with E-state index in [1.807, 2.05) is 166 Å². The number of halogens is 1. The summed E-state index contributed by atoms with van der Waals surface area (Å²) >= 11 is 6.03. The van der Waals surface area contributed by atoms with Crippen molar-refractivity contribution in [3.05, 3.63) is 279 Å². The molecule has 0 radical (unpaired) electrons. The standard InChI is InChI=1S/C10H13NO.C10H9NO.C8H11ClN2.C8H10N2.C8H8N2.C8H10N2.C8H8N2.3C7H7N3/c1-8-3-4-9-10(7-8)12-6-2-5-11-9;1-7-4-8-5-9(12)2-3-10(8)11-6-7;1-6-4-7(9)8-10-2-3-11(8)5-6;1-6-2-7-4-9-5-8(7)10-3-6;1-6-2-4-9-8-7(6)3-5-10-8;2*1-6-4-7-2-3-9-8(7)10-5-6;1-5-2-6-7(8-3-5)10-4-9-6;1-6-2-4-10-5-3-8-7(10)9-6;1-6-2-3-7-9-8-5-10(7)4-6/h3-4,7,11H,2,5-6H2,1H3;2-4,6H,5H2,1H3;4-5,8,10H,2-3H2,1H3;2-3,9H,4-5H2,1H3;2-5H,1H3,(H,9,10);4-5H,2-3H2,1H3,(H,9,10);2-5H,1H3,(H,9,10);2-4H,1H3,(H,8,9,10);2*2-5H,1H3. The number of hydrogen-bond acceptors (Lipinski definition) is 18. The molecule has 0 amide bonds. The smallest absolute Gasteiger partial charge is 0.233 e. The van der Waals surface area contributed by atoms with Gasteiger partial charge in [0, 0.05) is 143 Å². The van der Waals surface area contributed by atoms with E-state index in [2.05, 4.69) is 173 Å². The third kappa shape index (κ3) is 21.4. The number of rotatable bonds is 0. The monoisotopic (exact) mass is 1420 g/mol. The van der Waals surface area contributed by atoms with Gasteiger partial charge in [0.25, 0.3) is 0 Å². The molecule has 1 fully saturated rings. The van der Waals surface area contributed by atoms with Crippen molar-refractivity contribution in [2.45, 2.75) is 108 Å². The number of aromatic amines is 3. The molecule has 1 aromatic carbocycles. The van der Waals surface area contributed by atoms with Crippen LogP contribution in [0.4, 0.5) is 11.5 Å². The number of nitrogens with one attached hydrogen (secondary N) is 7. The van der Waals surface area contributed by atoms with Crippen LogP contribution in [-0.4, -0.2) is 128 Å². The highest BCUT2D eigenvalue weighted by atomic mass is 35.5. The molecule has 1 aliphatic carbocycles. The maximum atomic E-state index is 11.0. The Hall–Kier alpha value is -11.8. The fourth-order valence-electron chi connectivity index (χ4n) is 11.8. The predicted molar refractivity (Wildman–Crippen MR) is 419 cm³/mol. The van der Waals surface area contributed by atoms with E-state index in [4.69, 9.17) is 16.3 Å². The number of hydrogen-bond donors (Lipinski definition) is 7. The number of aryl methyl sites for hydroxylation is 9. The average Bonchev–Trinajstić information content (AvgIpc) is 1.72. The van der Waals surface area contributed by atoms with E-state index in [1.165, 1.54) is 66.5 Å². The molecule has 105 heavy (non-hydrogen) atoms. The molecule has 13 aromatic heterocycles. The van der Waals surface area contributed by atoms with E-state index in [1.54, 1.807) is 31.0 Å². The number of H-pyrrole nitrogens is 3. The van der Waals surface area contributed by atoms with Crippen LogP contribution in [-0.2, 0) is 30.7 Å². The van der Waals surface area contributed by atoms with Crippen LogP contribution in [0.5, 0.6) is 5.75 Å². The van der Waals surface area contributed by atoms with E-state index >= 15 is 0 Å². The van der Waals surface area contributed by atoms with Gasteiger partial charge in [0.2, 0.25) is 5.78 Å². The highest BCUT2D eigenvalue weighted by molar-refractivity contribution is 6.30. The number of allylic oxidation sites excluding steroid dienone is 3. The minimum Gasteiger partial charge on any atom is -0.491 e. The van der Waals surface area contributed by atoms with Crippen LogP contribution >= 0.6 is 11.6 Å². The van der Waals surface area contributed by atoms with Gasteiger partial charge in [-0.25, -0.2) is 34.9 Å². The first kappa shape index (κ1) is 74.4. The number of fused-ring (bicyclic) bond motifs is 10. The van der Waals surface area contributed by atoms with Gasteiger partial charge in [-0.2, -0.15) is 0 Å². The Labute approximate surface area is 616 Å². The van der Waals surface area contributed by atoms with Crippen molar-refractivity contribution in [2.75, 3.05) is 43.4 Å². The Balaban J connectivity index is 0.000000117. The molecule has 538 valence electrons. The lowest BCUT2D eigenvalue weighted by atomic mass is 10.0. The lowest BCUT2D eigenvalue weighted by Crippen LogP contribution is -2.34. The molecular formula is C81H90ClN21O2. The normalized spacial score (nSPS) is 14.4. The molecule has 5 aliphatic heterocycles. The van der Waals surface area contributed by atoms with Gasteiger partial charge in [0.1, 0.15) is 35.4 Å². The van der Waals surface area contributed by atoms with Crippen LogP contribution < -0.4 is 26.0 Å². The van der Waals surface area contributed by atoms with Crippen molar-refractivity contribution in [2.24, 2.45) is 0 Å². The first-order valence-electron chi connectivity index (χ1n) is 35.0. The van der Waals surface area contributed by atoms with Crippen LogP contribution in [0.15, 0.2) is 201 Å². The van der Waals surface area contributed by atoms with Crippen molar-refractivity contribution < 1.29 is 9.53 Å². The largest absolute Gasteiger partial charge is 0.491 e. The minimum absolute atomic E-state index is 0.162. The van der Waals surface area contributed by atoms with Gasteiger partial charge in [0.15, 0.2) is 17.1 Å². The number of ether oxygens (including phenoxy) is 1. The highest BCUT2D eigenvalue weighted by Crippen LogP contribution is 2.28. The summed E-state index contributed by atoms with van der Waals surface area (Å²) in [6.07, 6.45) is 36.3. The van der Waals surface area contributed by atoms with Gasteiger partial charge < -0.3 is 40.5 Å². The molecule has 23 nitrogen and oxygen atoms in total. The van der Waals surface area contributed by atoms with E-state index in [0.29, 0.717) is 6.42 Å². The summed E-state index contributed by atoms with van der Waals surface area (Å²) in [4.78, 5) is 59.7. The first-order valence-corrected chi connectivity index (χ1v) is 35.4. The second kappa shape index (κ2) is 36.4. The fourth-order valence-corrected chi connectivity index (χ4v) is 12.2. The Kier molecular flexibility index (Phi) is 25.8. The van der Waals surface area contributed by atoms with Gasteiger partial charge in [-0.3, -0.25) is 28.9 Å². The van der Waals surface area contributed by atoms with E-state index in [9.17, 15) is 4.79 Å². The van der Waals surface area contributed by atoms with Crippen molar-refractivity contribution in [1.82, 2.24) is 94.3 Å². The summed E-state index contributed by atoms with van der Waals surface area (Å²) in [7, 11) is 0. The summed E-state index contributed by atoms with van der Waals surface area (Å²) in [6.45, 7) is 27.3. The van der Waals surface area contributed by atoms with Crippen molar-refractivity contribution in [1.29, 1.82) is 0 Å². The molecule has 1 atom stereocenters. The molecule has 6 aliphatic rings. The molecule has 18 heterocycles. The summed E-state index contributed by atoms with van der Waals surface area (Å²) in [5, 5.41) is 24.0. The fraction of sp³-hybridized carbons (Fsp3) is 0.259. The number of imidazole rings is 2. The zero-order valence-electron chi connectivity index (χ0n) is 61.1. The Morgan fingerprint density at radius 3 is 2.23 bits per heavy atom. The third-order valence-corrected chi connectivity index (χ3v) is 17.4. The number of nitrogens with zero attached hydrogens (tertiary/aromatic N) is 14. The SMILES string of the molecule is CC1=CN2CCNC2C(Cl)=C1.Cc1ccc2c(c1)OCCCN2.Cc1ccc2nncn2c1.Cc1ccn2ccnc2n1.Cc1ccnc2[nH]ccc12.Cc1cnc2[nH]ccc2c1.Cc1cnc2c(c1)CC(=O)C=C2.Cc1cnc2c(c1)CCN2.Cc1cnc2c(c1)CNC2.Cc1cnc2nc[nH]c2c1. The van der Waals surface area contributed by atoms with Gasteiger partial charge >= 0.3 is 0 Å². The second-order valence-corrected chi connectivity index (χ2v) is 26.6. The van der Waals surface area contributed by atoms with Gasteiger partial charge in [-0.15, -0.1) is 10.2 Å². The Morgan fingerprint density at radius 2 is 1.37 bits per heavy atom. The van der Waals surface area contributed by atoms with Crippen LogP contribution in [0.3, 0.4) is 0 Å². The number of ketones is 1. The van der Waals surface area contributed by atoms with E-state index < -0.39 is 0 Å². The summed E-state index contributed by atoms with van der Waals surface area (Å²) in [5.74, 6) is 2.99. The summed E-state index contributed by atoms with van der Waals surface area (Å²) < 4.78 is 9.35. The lowest BCUT2D eigenvalue weighted by molar-refractivity contribution is -0.114. The molecule has 0 saturated carbocycles. The Morgan fingerprint density at radius 1 is 0.610 bits per heavy atom. The molecule has 0 bridgehead atoms. The minimum atomic E-state index is 0.162. The molecule has 1 unspecified atom stereocenters. The van der Waals surface area contributed by atoms with Crippen LogP contribution in [0.2, 0.25) is 0 Å². The predicted octanol–water partition coefficient (Wildman–Crippen LogP) is 14.4. The molecule has 1 saturated heterocycles. The summed E-state index contributed by atoms with van der Waals surface area (Å²) in [6, 6.07) is 28.8. The highest BCUT2D eigenvalue weighted by Gasteiger charge is 2.26. The quantitative estimate of drug-likeness (QED) is 0.0743. The number of anilines is 2. The first-order chi connectivity index (χ1) is 50.9. The van der Waals surface area contributed by atoms with Gasteiger partial charge in [0.05, 0.1) is 40.6 Å². The average molecular weight is 1430 g/mol. The molecule has 7 N–H and O–H groups in total. The van der Waals surface area contributed by atoms with Crippen LogP contribution in [0.25, 0.3) is 50.7 Å². The maximum absolute atomic E-state index is 11.0. The van der Waals surface area contributed by atoms with Crippen molar-refractivity contribution in [3.63, 3.8) is 0 Å². The maximum Gasteiger partial charge on any atom is 0.233 e. The van der Waals surface area contributed by atoms with Gasteiger partial charge in [-0.1, -0.05) is 41.9 Å². The third-order valence-electron chi connectivity index (χ3n) is 17.1. The number of aromatic nitrogens is 16. The number of pyridine rings is 7. The van der Waals surface area contributed by atoms with Gasteiger partial charge in [-0.05, 0) is 222 Å². The van der Waals surface area contributed by atoms with Crippen LogP contribution in [0.1, 0.15) is 91.6 Å². The molecular weight excluding hydrogens is 1330 g/mol. The molecule has 0 spiro atoms. The summed E-state index contributed by atoms with van der Waals surface area (Å²) in [5.41, 5.74) is 23.6. The number of benzene rings is 1. The zero-order chi connectivity index (χ0) is 73.6. The van der Waals surface area contributed by atoms with Crippen molar-refractivity contribution >= 4 is 79.6 Å². The van der Waals surface area contributed by atoms with E-state index in [-0.39, 0.29) is 11.9 Å². The second-order valence-electron chi connectivity index (χ2n) is 26.2. The molecule has 20 rings (SSSR count). The zero-order valence-corrected chi connectivity index (χ0v) is 61.8. The Bertz CT molecular complexity index is 4970. The van der Waals surface area contributed by atoms with E-state index in [0.717, 1.165) is 143 Å². The molecule has 24 heteroatoms.